The molecule has 2 heteroatoms. The predicted molar refractivity (Wildman–Crippen MR) is 70.5 cm³/mol. The molecule has 1 N–H and O–H groups in total. The van der Waals surface area contributed by atoms with Crippen molar-refractivity contribution in [3.05, 3.63) is 35.4 Å². The van der Waals surface area contributed by atoms with Gasteiger partial charge in [0.25, 0.3) is 0 Å². The first-order valence-electron chi connectivity index (χ1n) is 6.50. The van der Waals surface area contributed by atoms with Crippen molar-refractivity contribution in [3.63, 3.8) is 0 Å². The van der Waals surface area contributed by atoms with E-state index >= 15 is 0 Å². The lowest BCUT2D eigenvalue weighted by Gasteiger charge is -2.09. The molecule has 17 heavy (non-hydrogen) atoms. The number of benzene rings is 1. The van der Waals surface area contributed by atoms with E-state index in [0.29, 0.717) is 18.3 Å². The molecule has 1 unspecified atom stereocenters. The van der Waals surface area contributed by atoms with E-state index in [1.807, 2.05) is 12.1 Å². The second kappa shape index (κ2) is 5.46. The van der Waals surface area contributed by atoms with Crippen molar-refractivity contribution in [1.82, 2.24) is 5.32 Å². The Hall–Kier alpha value is -1.15. The summed E-state index contributed by atoms with van der Waals surface area (Å²) in [7, 11) is 0. The fourth-order valence-electron chi connectivity index (χ4n) is 2.32. The van der Waals surface area contributed by atoms with Gasteiger partial charge in [-0.05, 0) is 36.9 Å². The maximum Gasteiger partial charge on any atom is 0.163 e. The van der Waals surface area contributed by atoms with Crippen molar-refractivity contribution in [2.45, 2.75) is 32.6 Å². The highest BCUT2D eigenvalue weighted by atomic mass is 16.1. The molecular formula is C15H21NO. The van der Waals surface area contributed by atoms with Crippen LogP contribution in [0.1, 0.15) is 48.5 Å². The fraction of sp³-hybridized carbons (Fsp3) is 0.533. The summed E-state index contributed by atoms with van der Waals surface area (Å²) in [6, 6.07) is 8.09. The van der Waals surface area contributed by atoms with E-state index in [-0.39, 0.29) is 5.78 Å². The average Bonchev–Trinajstić information content (AvgIpc) is 2.82. The van der Waals surface area contributed by atoms with Gasteiger partial charge in [0.2, 0.25) is 0 Å². The Morgan fingerprint density at radius 1 is 1.35 bits per heavy atom. The average molecular weight is 231 g/mol. The van der Waals surface area contributed by atoms with Gasteiger partial charge in [0.05, 0.1) is 0 Å². The number of carbonyl (C=O) groups is 1. The van der Waals surface area contributed by atoms with Crippen LogP contribution in [0.2, 0.25) is 0 Å². The Morgan fingerprint density at radius 2 is 2.06 bits per heavy atom. The topological polar surface area (TPSA) is 29.1 Å². The minimum atomic E-state index is 0.286. The van der Waals surface area contributed by atoms with Crippen LogP contribution < -0.4 is 5.32 Å². The van der Waals surface area contributed by atoms with Gasteiger partial charge in [0, 0.05) is 12.0 Å². The monoisotopic (exact) mass is 231 g/mol. The number of rotatable bonds is 4. The quantitative estimate of drug-likeness (QED) is 0.807. The predicted octanol–water partition coefficient (Wildman–Crippen LogP) is 2.99. The molecule has 0 spiro atoms. The van der Waals surface area contributed by atoms with Crippen molar-refractivity contribution < 1.29 is 4.79 Å². The van der Waals surface area contributed by atoms with Crippen molar-refractivity contribution >= 4 is 5.78 Å². The van der Waals surface area contributed by atoms with Gasteiger partial charge in [-0.15, -0.1) is 0 Å². The molecule has 1 atom stereocenters. The first kappa shape index (κ1) is 12.3. The lowest BCUT2D eigenvalue weighted by Crippen LogP contribution is -2.12. The summed E-state index contributed by atoms with van der Waals surface area (Å²) in [6.07, 6.45) is 1.82. The maximum absolute atomic E-state index is 12.1. The maximum atomic E-state index is 12.1. The van der Waals surface area contributed by atoms with Crippen LogP contribution in [0.3, 0.4) is 0 Å². The Labute approximate surface area is 103 Å². The fourth-order valence-corrected chi connectivity index (χ4v) is 2.32. The molecule has 1 fully saturated rings. The zero-order valence-corrected chi connectivity index (χ0v) is 10.7. The van der Waals surface area contributed by atoms with Crippen LogP contribution in [0, 0.1) is 5.92 Å². The molecule has 1 aliphatic heterocycles. The Morgan fingerprint density at radius 3 is 2.59 bits per heavy atom. The lowest BCUT2D eigenvalue weighted by atomic mass is 9.95. The zero-order valence-electron chi connectivity index (χ0n) is 10.7. The van der Waals surface area contributed by atoms with Crippen LogP contribution in [-0.2, 0) is 0 Å². The van der Waals surface area contributed by atoms with Crippen molar-refractivity contribution in [2.24, 2.45) is 5.92 Å². The molecule has 0 amide bonds. The molecule has 0 aromatic heterocycles. The third-order valence-electron chi connectivity index (χ3n) is 3.54. The van der Waals surface area contributed by atoms with Gasteiger partial charge in [-0.3, -0.25) is 4.79 Å². The zero-order chi connectivity index (χ0) is 12.3. The van der Waals surface area contributed by atoms with Crippen LogP contribution in [0.4, 0.5) is 0 Å². The van der Waals surface area contributed by atoms with E-state index in [9.17, 15) is 4.79 Å². The Bertz CT molecular complexity index is 374. The minimum absolute atomic E-state index is 0.286. The van der Waals surface area contributed by atoms with Crippen molar-refractivity contribution in [2.75, 3.05) is 13.1 Å². The molecule has 92 valence electrons. The molecule has 2 nitrogen and oxygen atoms in total. The highest BCUT2D eigenvalue weighted by molar-refractivity contribution is 5.96. The summed E-state index contributed by atoms with van der Waals surface area (Å²) in [6.45, 7) is 6.39. The van der Waals surface area contributed by atoms with Crippen LogP contribution in [0.5, 0.6) is 0 Å². The summed E-state index contributed by atoms with van der Waals surface area (Å²) in [5.74, 6) is 1.35. The first-order valence-corrected chi connectivity index (χ1v) is 6.50. The van der Waals surface area contributed by atoms with Gasteiger partial charge < -0.3 is 5.32 Å². The minimum Gasteiger partial charge on any atom is -0.316 e. The molecule has 1 aromatic carbocycles. The molecule has 0 bridgehead atoms. The number of hydrogen-bond donors (Lipinski definition) is 1. The van der Waals surface area contributed by atoms with E-state index in [0.717, 1.165) is 25.1 Å². The van der Waals surface area contributed by atoms with E-state index in [1.54, 1.807) is 0 Å². The molecule has 2 rings (SSSR count). The van der Waals surface area contributed by atoms with Crippen molar-refractivity contribution in [3.8, 4) is 0 Å². The van der Waals surface area contributed by atoms with Gasteiger partial charge >= 0.3 is 0 Å². The molecule has 1 aliphatic rings. The summed E-state index contributed by atoms with van der Waals surface area (Å²) in [4.78, 5) is 12.1. The highest BCUT2D eigenvalue weighted by Gasteiger charge is 2.18. The molecule has 0 radical (unpaired) electrons. The lowest BCUT2D eigenvalue weighted by molar-refractivity contribution is 0.0964. The number of nitrogens with one attached hydrogen (secondary N) is 1. The van der Waals surface area contributed by atoms with Crippen LogP contribution in [-0.4, -0.2) is 18.9 Å². The summed E-state index contributed by atoms with van der Waals surface area (Å²) < 4.78 is 0. The molecule has 0 saturated carbocycles. The van der Waals surface area contributed by atoms with Crippen molar-refractivity contribution in [1.29, 1.82) is 0 Å². The first-order chi connectivity index (χ1) is 8.16. The Balaban J connectivity index is 1.98. The standard InChI is InChI=1S/C15H21NO/c1-11(2)13-3-5-14(6-4-13)15(17)9-12-7-8-16-10-12/h3-6,11-12,16H,7-10H2,1-2H3. The highest BCUT2D eigenvalue weighted by Crippen LogP contribution is 2.18. The van der Waals surface area contributed by atoms with E-state index in [4.69, 9.17) is 0 Å². The number of ketones is 1. The third-order valence-corrected chi connectivity index (χ3v) is 3.54. The Kier molecular flexibility index (Phi) is 3.95. The SMILES string of the molecule is CC(C)c1ccc(C(=O)CC2CCNC2)cc1. The normalized spacial score (nSPS) is 19.8. The van der Waals surface area contributed by atoms with Crippen LogP contribution in [0.15, 0.2) is 24.3 Å². The van der Waals surface area contributed by atoms with Gasteiger partial charge in [-0.25, -0.2) is 0 Å². The van der Waals surface area contributed by atoms with E-state index in [1.165, 1.54) is 5.56 Å². The van der Waals surface area contributed by atoms with Gasteiger partial charge in [0.1, 0.15) is 0 Å². The van der Waals surface area contributed by atoms with Gasteiger partial charge in [-0.2, -0.15) is 0 Å². The van der Waals surface area contributed by atoms with Gasteiger partial charge in [-0.1, -0.05) is 38.1 Å². The summed E-state index contributed by atoms with van der Waals surface area (Å²) >= 11 is 0. The van der Waals surface area contributed by atoms with Crippen LogP contribution >= 0.6 is 0 Å². The molecule has 1 heterocycles. The summed E-state index contributed by atoms with van der Waals surface area (Å²) in [5, 5.41) is 3.30. The number of hydrogen-bond acceptors (Lipinski definition) is 2. The molecule has 0 aliphatic carbocycles. The molecular weight excluding hydrogens is 210 g/mol. The van der Waals surface area contributed by atoms with Crippen LogP contribution in [0.25, 0.3) is 0 Å². The summed E-state index contributed by atoms with van der Waals surface area (Å²) in [5.41, 5.74) is 2.16. The van der Waals surface area contributed by atoms with E-state index < -0.39 is 0 Å². The van der Waals surface area contributed by atoms with Gasteiger partial charge in [0.15, 0.2) is 5.78 Å². The third kappa shape index (κ3) is 3.16. The number of carbonyl (C=O) groups excluding carboxylic acids is 1. The second-order valence-corrected chi connectivity index (χ2v) is 5.26. The smallest absolute Gasteiger partial charge is 0.163 e. The van der Waals surface area contributed by atoms with E-state index in [2.05, 4.69) is 31.3 Å². The largest absolute Gasteiger partial charge is 0.316 e. The molecule has 1 aromatic rings. The molecule has 1 saturated heterocycles. The second-order valence-electron chi connectivity index (χ2n) is 5.26. The number of Topliss-reactive ketones (excluding diaryl/α,β-unsaturated/α-hetero) is 1.